The van der Waals surface area contributed by atoms with E-state index in [1.165, 1.54) is 6.92 Å². The molecule has 0 fully saturated rings. The van der Waals surface area contributed by atoms with Gasteiger partial charge in [0.2, 0.25) is 0 Å². The lowest BCUT2D eigenvalue weighted by molar-refractivity contribution is -0.115. The summed E-state index contributed by atoms with van der Waals surface area (Å²) in [6, 6.07) is 17.0. The number of ether oxygens (including phenoxy) is 2. The number of rotatable bonds is 8. The van der Waals surface area contributed by atoms with Gasteiger partial charge in [0.25, 0.3) is 0 Å². The number of alkyl halides is 1. The van der Waals surface area contributed by atoms with Crippen LogP contribution in [0.5, 0.6) is 11.5 Å². The molecule has 0 N–H and O–H groups in total. The van der Waals surface area contributed by atoms with E-state index in [1.54, 1.807) is 12.1 Å². The fourth-order valence-electron chi connectivity index (χ4n) is 1.91. The number of ketones is 1. The molecule has 3 nitrogen and oxygen atoms in total. The first-order chi connectivity index (χ1) is 11.2. The second kappa shape index (κ2) is 9.16. The highest BCUT2D eigenvalue weighted by Gasteiger charge is 2.11. The van der Waals surface area contributed by atoms with Crippen molar-refractivity contribution in [2.24, 2.45) is 0 Å². The van der Waals surface area contributed by atoms with Crippen LogP contribution >= 0.6 is 15.9 Å². The Morgan fingerprint density at radius 1 is 1.04 bits per heavy atom. The second-order valence-corrected chi connectivity index (χ2v) is 5.71. The average Bonchev–Trinajstić information content (AvgIpc) is 2.57. The highest BCUT2D eigenvalue weighted by molar-refractivity contribution is 9.09. The molecule has 0 saturated carbocycles. The van der Waals surface area contributed by atoms with Gasteiger partial charge in [0, 0.05) is 12.3 Å². The zero-order valence-electron chi connectivity index (χ0n) is 13.0. The van der Waals surface area contributed by atoms with Crippen molar-refractivity contribution in [3.63, 3.8) is 0 Å². The van der Waals surface area contributed by atoms with Crippen molar-refractivity contribution in [1.82, 2.24) is 0 Å². The van der Waals surface area contributed by atoms with E-state index in [4.69, 9.17) is 9.47 Å². The average molecular weight is 375 g/mol. The SMILES string of the molecule is CC(=O)/C(=C\c1ccccc1)Oc1ccccc1OCCCBr. The van der Waals surface area contributed by atoms with Gasteiger partial charge in [0.15, 0.2) is 23.0 Å². The van der Waals surface area contributed by atoms with Crippen LogP contribution in [0.15, 0.2) is 60.4 Å². The molecule has 4 heteroatoms. The topological polar surface area (TPSA) is 35.5 Å². The van der Waals surface area contributed by atoms with E-state index in [2.05, 4.69) is 15.9 Å². The molecule has 0 aliphatic heterocycles. The molecule has 0 aromatic heterocycles. The predicted octanol–water partition coefficient (Wildman–Crippen LogP) is 4.86. The molecule has 0 radical (unpaired) electrons. The zero-order valence-corrected chi connectivity index (χ0v) is 14.6. The van der Waals surface area contributed by atoms with Gasteiger partial charge in [0.1, 0.15) is 0 Å². The van der Waals surface area contributed by atoms with E-state index in [0.717, 1.165) is 17.3 Å². The second-order valence-electron chi connectivity index (χ2n) is 4.92. The molecule has 120 valence electrons. The first-order valence-electron chi connectivity index (χ1n) is 7.44. The minimum atomic E-state index is -0.135. The highest BCUT2D eigenvalue weighted by Crippen LogP contribution is 2.29. The summed E-state index contributed by atoms with van der Waals surface area (Å²) < 4.78 is 11.5. The van der Waals surface area contributed by atoms with Gasteiger partial charge < -0.3 is 9.47 Å². The Morgan fingerprint density at radius 2 is 1.70 bits per heavy atom. The van der Waals surface area contributed by atoms with Gasteiger partial charge in [-0.05, 0) is 30.2 Å². The van der Waals surface area contributed by atoms with Gasteiger partial charge in [-0.3, -0.25) is 4.79 Å². The fraction of sp³-hybridized carbons (Fsp3) is 0.211. The number of carbonyl (C=O) groups excluding carboxylic acids is 1. The van der Waals surface area contributed by atoms with Crippen molar-refractivity contribution in [2.75, 3.05) is 11.9 Å². The van der Waals surface area contributed by atoms with Crippen molar-refractivity contribution < 1.29 is 14.3 Å². The maximum Gasteiger partial charge on any atom is 0.194 e. The Morgan fingerprint density at radius 3 is 2.35 bits per heavy atom. The maximum atomic E-state index is 11.9. The molecule has 0 aliphatic carbocycles. The molecule has 0 aliphatic rings. The highest BCUT2D eigenvalue weighted by atomic mass is 79.9. The summed E-state index contributed by atoms with van der Waals surface area (Å²) in [7, 11) is 0. The van der Waals surface area contributed by atoms with Crippen molar-refractivity contribution >= 4 is 27.8 Å². The van der Waals surface area contributed by atoms with Gasteiger partial charge in [-0.15, -0.1) is 0 Å². The third-order valence-corrected chi connectivity index (χ3v) is 3.61. The van der Waals surface area contributed by atoms with E-state index in [0.29, 0.717) is 18.1 Å². The summed E-state index contributed by atoms with van der Waals surface area (Å²) in [6.07, 6.45) is 2.63. The van der Waals surface area contributed by atoms with Crippen LogP contribution in [-0.4, -0.2) is 17.7 Å². The van der Waals surface area contributed by atoms with E-state index < -0.39 is 0 Å². The summed E-state index contributed by atoms with van der Waals surface area (Å²) >= 11 is 3.37. The van der Waals surface area contributed by atoms with E-state index in [-0.39, 0.29) is 11.5 Å². The van der Waals surface area contributed by atoms with Gasteiger partial charge in [0.05, 0.1) is 6.61 Å². The number of carbonyl (C=O) groups is 1. The first kappa shape index (κ1) is 17.3. The molecule has 0 atom stereocenters. The van der Waals surface area contributed by atoms with Crippen molar-refractivity contribution in [3.8, 4) is 11.5 Å². The van der Waals surface area contributed by atoms with Crippen LogP contribution in [0, 0.1) is 0 Å². The third kappa shape index (κ3) is 5.57. The Balaban J connectivity index is 2.21. The maximum absolute atomic E-state index is 11.9. The Kier molecular flexibility index (Phi) is 6.88. The standard InChI is InChI=1S/C19H19BrO3/c1-15(21)19(14-16-8-3-2-4-9-16)23-18-11-6-5-10-17(18)22-13-7-12-20/h2-6,8-11,14H,7,12-13H2,1H3/b19-14+. The molecule has 0 amide bonds. The number of para-hydroxylation sites is 2. The van der Waals surface area contributed by atoms with Crippen molar-refractivity contribution in [3.05, 3.63) is 65.9 Å². The predicted molar refractivity (Wildman–Crippen MR) is 96.1 cm³/mol. The molecular weight excluding hydrogens is 356 g/mol. The molecule has 0 spiro atoms. The monoisotopic (exact) mass is 374 g/mol. The number of hydrogen-bond donors (Lipinski definition) is 0. The lowest BCUT2D eigenvalue weighted by Crippen LogP contribution is -2.07. The zero-order chi connectivity index (χ0) is 16.5. The van der Waals surface area contributed by atoms with Gasteiger partial charge >= 0.3 is 0 Å². The Bertz CT molecular complexity index is 665. The van der Waals surface area contributed by atoms with E-state index in [1.807, 2.05) is 48.5 Å². The molecule has 0 saturated heterocycles. The Hall–Kier alpha value is -2.07. The van der Waals surface area contributed by atoms with Gasteiger partial charge in [-0.2, -0.15) is 0 Å². The van der Waals surface area contributed by atoms with Crippen molar-refractivity contribution in [1.29, 1.82) is 0 Å². The normalized spacial score (nSPS) is 11.1. The minimum absolute atomic E-state index is 0.135. The van der Waals surface area contributed by atoms with Crippen LogP contribution in [0.25, 0.3) is 6.08 Å². The number of benzene rings is 2. The number of Topliss-reactive ketones (excluding diaryl/α,β-unsaturated/α-hetero) is 1. The lowest BCUT2D eigenvalue weighted by atomic mass is 10.2. The molecule has 2 rings (SSSR count). The van der Waals surface area contributed by atoms with Crippen LogP contribution in [0.3, 0.4) is 0 Å². The molecule has 2 aromatic rings. The van der Waals surface area contributed by atoms with Crippen LogP contribution in [0.1, 0.15) is 18.9 Å². The summed E-state index contributed by atoms with van der Waals surface area (Å²) in [4.78, 5) is 11.9. The molecule has 2 aromatic carbocycles. The van der Waals surface area contributed by atoms with Crippen LogP contribution in [-0.2, 0) is 4.79 Å². The molecule has 23 heavy (non-hydrogen) atoms. The Labute approximate surface area is 145 Å². The van der Waals surface area contributed by atoms with E-state index in [9.17, 15) is 4.79 Å². The number of hydrogen-bond acceptors (Lipinski definition) is 3. The smallest absolute Gasteiger partial charge is 0.194 e. The van der Waals surface area contributed by atoms with Crippen LogP contribution in [0.4, 0.5) is 0 Å². The molecule has 0 bridgehead atoms. The fourth-order valence-corrected chi connectivity index (χ4v) is 2.14. The molecule has 0 heterocycles. The summed E-state index contributed by atoms with van der Waals surface area (Å²) in [5.41, 5.74) is 0.912. The van der Waals surface area contributed by atoms with Crippen LogP contribution in [0.2, 0.25) is 0 Å². The quantitative estimate of drug-likeness (QED) is 0.286. The molecule has 0 unspecified atom stereocenters. The van der Waals surface area contributed by atoms with E-state index >= 15 is 0 Å². The number of allylic oxidation sites excluding steroid dienone is 1. The largest absolute Gasteiger partial charge is 0.490 e. The number of halogens is 1. The third-order valence-electron chi connectivity index (χ3n) is 3.05. The van der Waals surface area contributed by atoms with Crippen LogP contribution < -0.4 is 9.47 Å². The summed E-state index contributed by atoms with van der Waals surface area (Å²) in [5, 5.41) is 0.878. The summed E-state index contributed by atoms with van der Waals surface area (Å²) in [5.74, 6) is 1.32. The van der Waals surface area contributed by atoms with Crippen molar-refractivity contribution in [2.45, 2.75) is 13.3 Å². The van der Waals surface area contributed by atoms with Gasteiger partial charge in [-0.1, -0.05) is 58.4 Å². The minimum Gasteiger partial charge on any atom is -0.490 e. The summed E-state index contributed by atoms with van der Waals surface area (Å²) in [6.45, 7) is 2.08. The van der Waals surface area contributed by atoms with Gasteiger partial charge in [-0.25, -0.2) is 0 Å². The lowest BCUT2D eigenvalue weighted by Gasteiger charge is -2.13. The first-order valence-corrected chi connectivity index (χ1v) is 8.56. The molecular formula is C19H19BrO3.